The summed E-state index contributed by atoms with van der Waals surface area (Å²) >= 11 is 0. The summed E-state index contributed by atoms with van der Waals surface area (Å²) in [5, 5.41) is 2.86. The molecule has 0 aliphatic rings. The Hall–Kier alpha value is -3.02. The molecule has 0 unspecified atom stereocenters. The molecule has 0 bridgehead atoms. The van der Waals surface area contributed by atoms with Crippen LogP contribution in [0.3, 0.4) is 0 Å². The summed E-state index contributed by atoms with van der Waals surface area (Å²) in [6, 6.07) is 12.4. The molecule has 2 aromatic carbocycles. The molecule has 6 heteroatoms. The van der Waals surface area contributed by atoms with Crippen LogP contribution >= 0.6 is 0 Å². The van der Waals surface area contributed by atoms with Crippen LogP contribution in [0.4, 0.5) is 0 Å². The molecule has 1 N–H and O–H groups in total. The molecule has 2 aromatic rings. The van der Waals surface area contributed by atoms with Crippen LogP contribution in [0.1, 0.15) is 40.1 Å². The van der Waals surface area contributed by atoms with Crippen molar-refractivity contribution < 1.29 is 19.1 Å². The van der Waals surface area contributed by atoms with Gasteiger partial charge in [-0.05, 0) is 43.7 Å². The second-order valence-electron chi connectivity index (χ2n) is 6.46. The fourth-order valence-electron chi connectivity index (χ4n) is 2.47. The number of ether oxygens (including phenoxy) is 2. The minimum atomic E-state index is -0.241. The van der Waals surface area contributed by atoms with Crippen LogP contribution in [0, 0.1) is 0 Å². The van der Waals surface area contributed by atoms with Gasteiger partial charge in [0.15, 0.2) is 0 Å². The number of hydrogen-bond donors (Lipinski definition) is 1. The molecule has 27 heavy (non-hydrogen) atoms. The Morgan fingerprint density at radius 2 is 1.70 bits per heavy atom. The van der Waals surface area contributed by atoms with Crippen LogP contribution in [0.5, 0.6) is 11.5 Å². The molecule has 0 radical (unpaired) electrons. The van der Waals surface area contributed by atoms with E-state index in [1.54, 1.807) is 49.4 Å². The Bertz CT molecular complexity index is 800. The molecule has 0 aliphatic heterocycles. The Morgan fingerprint density at radius 3 is 2.26 bits per heavy atom. The molecule has 2 rings (SSSR count). The zero-order valence-electron chi connectivity index (χ0n) is 16.4. The van der Waals surface area contributed by atoms with Crippen molar-refractivity contribution in [3.63, 3.8) is 0 Å². The minimum Gasteiger partial charge on any atom is -0.497 e. The Labute approximate surface area is 160 Å². The van der Waals surface area contributed by atoms with Gasteiger partial charge >= 0.3 is 0 Å². The van der Waals surface area contributed by atoms with Crippen LogP contribution in [-0.2, 0) is 6.54 Å². The number of carbonyl (C=O) groups excluding carboxylic acids is 2. The monoisotopic (exact) mass is 370 g/mol. The standard InChI is InChI=1S/C21H26N2O4/c1-14(2)23(3)21(25)16-8-6-15(7-9-16)13-22-20(24)18-11-10-17(26-4)12-19(18)27-5/h6-12,14H,13H2,1-5H3,(H,22,24). The van der Waals surface area contributed by atoms with Crippen molar-refractivity contribution in [1.82, 2.24) is 10.2 Å². The van der Waals surface area contributed by atoms with E-state index < -0.39 is 0 Å². The average Bonchev–Trinajstić information content (AvgIpc) is 2.70. The average molecular weight is 370 g/mol. The summed E-state index contributed by atoms with van der Waals surface area (Å²) < 4.78 is 10.4. The van der Waals surface area contributed by atoms with Crippen molar-refractivity contribution in [2.24, 2.45) is 0 Å². The van der Waals surface area contributed by atoms with Crippen molar-refractivity contribution in [2.75, 3.05) is 21.3 Å². The number of hydrogen-bond acceptors (Lipinski definition) is 4. The van der Waals surface area contributed by atoms with E-state index in [1.165, 1.54) is 7.11 Å². The van der Waals surface area contributed by atoms with E-state index in [-0.39, 0.29) is 17.9 Å². The van der Waals surface area contributed by atoms with E-state index in [2.05, 4.69) is 5.32 Å². The molecular weight excluding hydrogens is 344 g/mol. The van der Waals surface area contributed by atoms with Gasteiger partial charge in [0.25, 0.3) is 11.8 Å². The van der Waals surface area contributed by atoms with Crippen LogP contribution < -0.4 is 14.8 Å². The van der Waals surface area contributed by atoms with Gasteiger partial charge in [0.1, 0.15) is 11.5 Å². The predicted molar refractivity (Wildman–Crippen MR) is 104 cm³/mol. The van der Waals surface area contributed by atoms with E-state index in [1.807, 2.05) is 26.0 Å². The van der Waals surface area contributed by atoms with Crippen LogP contribution in [0.25, 0.3) is 0 Å². The highest BCUT2D eigenvalue weighted by atomic mass is 16.5. The van der Waals surface area contributed by atoms with Gasteiger partial charge in [-0.25, -0.2) is 0 Å². The largest absolute Gasteiger partial charge is 0.497 e. The lowest BCUT2D eigenvalue weighted by Crippen LogP contribution is -2.32. The van der Waals surface area contributed by atoms with Gasteiger partial charge in [-0.2, -0.15) is 0 Å². The molecule has 0 aromatic heterocycles. The van der Waals surface area contributed by atoms with Crippen LogP contribution in [0.2, 0.25) is 0 Å². The summed E-state index contributed by atoms with van der Waals surface area (Å²) in [4.78, 5) is 26.4. The van der Waals surface area contributed by atoms with E-state index >= 15 is 0 Å². The lowest BCUT2D eigenvalue weighted by atomic mass is 10.1. The smallest absolute Gasteiger partial charge is 0.255 e. The molecule has 0 spiro atoms. The van der Waals surface area contributed by atoms with Gasteiger partial charge in [-0.1, -0.05) is 12.1 Å². The second-order valence-corrected chi connectivity index (χ2v) is 6.46. The predicted octanol–water partition coefficient (Wildman–Crippen LogP) is 3.11. The Morgan fingerprint density at radius 1 is 1.04 bits per heavy atom. The fraction of sp³-hybridized carbons (Fsp3) is 0.333. The maximum atomic E-state index is 12.4. The zero-order chi connectivity index (χ0) is 20.0. The molecule has 0 saturated carbocycles. The maximum Gasteiger partial charge on any atom is 0.255 e. The second kappa shape index (κ2) is 9.07. The fourth-order valence-corrected chi connectivity index (χ4v) is 2.47. The van der Waals surface area contributed by atoms with Gasteiger partial charge < -0.3 is 19.7 Å². The molecule has 2 amide bonds. The molecule has 0 heterocycles. The topological polar surface area (TPSA) is 67.9 Å². The SMILES string of the molecule is COc1ccc(C(=O)NCc2ccc(C(=O)N(C)C(C)C)cc2)c(OC)c1. The number of amides is 2. The third-order valence-corrected chi connectivity index (χ3v) is 4.40. The van der Waals surface area contributed by atoms with E-state index in [0.717, 1.165) is 5.56 Å². The molecule has 0 aliphatic carbocycles. The van der Waals surface area contributed by atoms with Crippen molar-refractivity contribution >= 4 is 11.8 Å². The van der Waals surface area contributed by atoms with Gasteiger partial charge in [0, 0.05) is 31.3 Å². The van der Waals surface area contributed by atoms with E-state index in [9.17, 15) is 9.59 Å². The highest BCUT2D eigenvalue weighted by molar-refractivity contribution is 5.97. The number of nitrogens with one attached hydrogen (secondary N) is 1. The molecule has 0 fully saturated rings. The van der Waals surface area contributed by atoms with Gasteiger partial charge in [0.2, 0.25) is 0 Å². The summed E-state index contributed by atoms with van der Waals surface area (Å²) in [5.41, 5.74) is 1.96. The number of nitrogens with zero attached hydrogens (tertiary/aromatic N) is 1. The van der Waals surface area contributed by atoms with Gasteiger partial charge in [-0.15, -0.1) is 0 Å². The first kappa shape index (κ1) is 20.3. The van der Waals surface area contributed by atoms with Crippen molar-refractivity contribution in [2.45, 2.75) is 26.4 Å². The van der Waals surface area contributed by atoms with E-state index in [4.69, 9.17) is 9.47 Å². The summed E-state index contributed by atoms with van der Waals surface area (Å²) in [6.07, 6.45) is 0. The van der Waals surface area contributed by atoms with Crippen molar-refractivity contribution in [1.29, 1.82) is 0 Å². The first-order valence-electron chi connectivity index (χ1n) is 8.73. The third-order valence-electron chi connectivity index (χ3n) is 4.40. The maximum absolute atomic E-state index is 12.4. The lowest BCUT2D eigenvalue weighted by molar-refractivity contribution is 0.0754. The molecule has 6 nitrogen and oxygen atoms in total. The number of carbonyl (C=O) groups is 2. The highest BCUT2D eigenvalue weighted by Crippen LogP contribution is 2.24. The van der Waals surface area contributed by atoms with Gasteiger partial charge in [0.05, 0.1) is 19.8 Å². The molecule has 0 saturated heterocycles. The van der Waals surface area contributed by atoms with Crippen molar-refractivity contribution in [3.05, 3.63) is 59.2 Å². The minimum absolute atomic E-state index is 0.0245. The third kappa shape index (κ3) is 5.00. The van der Waals surface area contributed by atoms with E-state index in [0.29, 0.717) is 29.2 Å². The lowest BCUT2D eigenvalue weighted by Gasteiger charge is -2.21. The summed E-state index contributed by atoms with van der Waals surface area (Å²) in [5.74, 6) is 0.803. The quantitative estimate of drug-likeness (QED) is 0.813. The number of benzene rings is 2. The number of methoxy groups -OCH3 is 2. The Balaban J connectivity index is 2.02. The first-order valence-corrected chi connectivity index (χ1v) is 8.73. The highest BCUT2D eigenvalue weighted by Gasteiger charge is 2.15. The van der Waals surface area contributed by atoms with Crippen LogP contribution in [0.15, 0.2) is 42.5 Å². The first-order chi connectivity index (χ1) is 12.9. The zero-order valence-corrected chi connectivity index (χ0v) is 16.4. The number of rotatable bonds is 7. The molecule has 0 atom stereocenters. The summed E-state index contributed by atoms with van der Waals surface area (Å²) in [7, 11) is 4.85. The molecular formula is C21H26N2O4. The van der Waals surface area contributed by atoms with Gasteiger partial charge in [-0.3, -0.25) is 9.59 Å². The van der Waals surface area contributed by atoms with Crippen molar-refractivity contribution in [3.8, 4) is 11.5 Å². The summed E-state index contributed by atoms with van der Waals surface area (Å²) in [6.45, 7) is 4.28. The Kier molecular flexibility index (Phi) is 6.82. The van der Waals surface area contributed by atoms with Crippen LogP contribution in [-0.4, -0.2) is 44.0 Å². The normalized spacial score (nSPS) is 10.4. The molecule has 144 valence electrons.